The number of guanidine groups is 1. The predicted molar refractivity (Wildman–Crippen MR) is 84.5 cm³/mol. The summed E-state index contributed by atoms with van der Waals surface area (Å²) in [7, 11) is 1.72. The number of nitrogens with two attached hydrogens (primary N) is 1. The molecule has 0 aromatic heterocycles. The first-order chi connectivity index (χ1) is 10.5. The van der Waals surface area contributed by atoms with Gasteiger partial charge in [0.05, 0.1) is 0 Å². The van der Waals surface area contributed by atoms with E-state index < -0.39 is 5.54 Å². The number of benzene rings is 2. The molecule has 5 heteroatoms. The zero-order chi connectivity index (χ0) is 15.7. The molecule has 0 saturated carbocycles. The molecule has 1 aliphatic heterocycles. The fourth-order valence-electron chi connectivity index (χ4n) is 2.49. The standard InChI is InChI=1S/C17H18FN3O/c1-17(11-22-21(2)16(19)20-17)14-7-3-5-12(9-14)13-6-4-8-15(18)10-13/h3-10H,11H2,1-2H3,(H2,19,20). The summed E-state index contributed by atoms with van der Waals surface area (Å²) in [6.45, 7) is 2.37. The Morgan fingerprint density at radius 1 is 1.18 bits per heavy atom. The van der Waals surface area contributed by atoms with Crippen molar-refractivity contribution in [3.05, 3.63) is 59.9 Å². The average Bonchev–Trinajstić information content (AvgIpc) is 2.52. The molecule has 3 rings (SSSR count). The van der Waals surface area contributed by atoms with Crippen molar-refractivity contribution in [2.24, 2.45) is 10.7 Å². The summed E-state index contributed by atoms with van der Waals surface area (Å²) in [4.78, 5) is 10.1. The Morgan fingerprint density at radius 3 is 2.55 bits per heavy atom. The second-order valence-corrected chi connectivity index (χ2v) is 5.61. The van der Waals surface area contributed by atoms with Crippen molar-refractivity contribution in [2.45, 2.75) is 12.5 Å². The predicted octanol–water partition coefficient (Wildman–Crippen LogP) is 2.90. The summed E-state index contributed by atoms with van der Waals surface area (Å²) in [6.07, 6.45) is 0. The first-order valence-electron chi connectivity index (χ1n) is 7.06. The molecule has 0 fully saturated rings. The molecule has 4 nitrogen and oxygen atoms in total. The molecule has 0 radical (unpaired) electrons. The smallest absolute Gasteiger partial charge is 0.216 e. The van der Waals surface area contributed by atoms with E-state index in [1.165, 1.54) is 17.2 Å². The van der Waals surface area contributed by atoms with Crippen LogP contribution in [0.3, 0.4) is 0 Å². The lowest BCUT2D eigenvalue weighted by Crippen LogP contribution is -2.45. The largest absolute Gasteiger partial charge is 0.368 e. The van der Waals surface area contributed by atoms with Crippen molar-refractivity contribution in [1.82, 2.24) is 5.06 Å². The summed E-state index contributed by atoms with van der Waals surface area (Å²) < 4.78 is 13.4. The molecular formula is C17H18FN3O. The minimum atomic E-state index is -0.556. The minimum Gasteiger partial charge on any atom is -0.368 e. The molecule has 2 aromatic carbocycles. The van der Waals surface area contributed by atoms with E-state index in [1.807, 2.05) is 37.3 Å². The lowest BCUT2D eigenvalue weighted by atomic mass is 9.90. The maximum atomic E-state index is 13.4. The van der Waals surface area contributed by atoms with E-state index >= 15 is 0 Å². The van der Waals surface area contributed by atoms with Crippen molar-refractivity contribution >= 4 is 5.96 Å². The van der Waals surface area contributed by atoms with E-state index in [4.69, 9.17) is 10.6 Å². The molecule has 0 spiro atoms. The number of rotatable bonds is 2. The van der Waals surface area contributed by atoms with Crippen molar-refractivity contribution in [3.63, 3.8) is 0 Å². The number of hydrogen-bond acceptors (Lipinski definition) is 4. The molecule has 2 aromatic rings. The highest BCUT2D eigenvalue weighted by Gasteiger charge is 2.32. The van der Waals surface area contributed by atoms with Crippen LogP contribution in [0.5, 0.6) is 0 Å². The number of aliphatic imine (C=N–C) groups is 1. The molecule has 0 bridgehead atoms. The third kappa shape index (κ3) is 2.67. The second kappa shape index (κ2) is 5.42. The van der Waals surface area contributed by atoms with Crippen LogP contribution in [-0.4, -0.2) is 24.7 Å². The van der Waals surface area contributed by atoms with Crippen LogP contribution in [0.25, 0.3) is 11.1 Å². The van der Waals surface area contributed by atoms with Crippen LogP contribution in [0.4, 0.5) is 4.39 Å². The third-order valence-corrected chi connectivity index (χ3v) is 3.87. The van der Waals surface area contributed by atoms with Crippen LogP contribution in [0, 0.1) is 5.82 Å². The zero-order valence-corrected chi connectivity index (χ0v) is 12.6. The summed E-state index contributed by atoms with van der Waals surface area (Å²) in [6, 6.07) is 14.4. The molecule has 114 valence electrons. The Labute approximate surface area is 129 Å². The first kappa shape index (κ1) is 14.5. The fourth-order valence-corrected chi connectivity index (χ4v) is 2.49. The van der Waals surface area contributed by atoms with Crippen molar-refractivity contribution in [1.29, 1.82) is 0 Å². The van der Waals surface area contributed by atoms with E-state index in [1.54, 1.807) is 13.1 Å². The van der Waals surface area contributed by atoms with Gasteiger partial charge in [-0.1, -0.05) is 30.3 Å². The third-order valence-electron chi connectivity index (χ3n) is 3.87. The number of nitrogens with zero attached hydrogens (tertiary/aromatic N) is 2. The Morgan fingerprint density at radius 2 is 1.86 bits per heavy atom. The second-order valence-electron chi connectivity index (χ2n) is 5.61. The number of hydrogen-bond donors (Lipinski definition) is 1. The molecule has 22 heavy (non-hydrogen) atoms. The molecule has 2 N–H and O–H groups in total. The van der Waals surface area contributed by atoms with Crippen LogP contribution < -0.4 is 5.73 Å². The summed E-state index contributed by atoms with van der Waals surface area (Å²) >= 11 is 0. The Kier molecular flexibility index (Phi) is 3.58. The van der Waals surface area contributed by atoms with Gasteiger partial charge >= 0.3 is 0 Å². The van der Waals surface area contributed by atoms with Crippen molar-refractivity contribution in [2.75, 3.05) is 13.7 Å². The van der Waals surface area contributed by atoms with Crippen LogP contribution in [0.1, 0.15) is 12.5 Å². The van der Waals surface area contributed by atoms with Gasteiger partial charge in [-0.2, -0.15) is 0 Å². The highest BCUT2D eigenvalue weighted by atomic mass is 19.1. The van der Waals surface area contributed by atoms with Crippen LogP contribution in [-0.2, 0) is 10.4 Å². The number of hydroxylamine groups is 2. The van der Waals surface area contributed by atoms with Crippen LogP contribution in [0.15, 0.2) is 53.5 Å². The highest BCUT2D eigenvalue weighted by molar-refractivity contribution is 5.78. The first-order valence-corrected chi connectivity index (χ1v) is 7.06. The molecule has 1 aliphatic rings. The zero-order valence-electron chi connectivity index (χ0n) is 12.6. The van der Waals surface area contributed by atoms with Gasteiger partial charge in [0.2, 0.25) is 5.96 Å². The van der Waals surface area contributed by atoms with Gasteiger partial charge in [-0.05, 0) is 41.8 Å². The van der Waals surface area contributed by atoms with Gasteiger partial charge in [0.15, 0.2) is 0 Å². The van der Waals surface area contributed by atoms with Gasteiger partial charge in [0, 0.05) is 7.05 Å². The lowest BCUT2D eigenvalue weighted by Gasteiger charge is -2.34. The van der Waals surface area contributed by atoms with Gasteiger partial charge in [0.25, 0.3) is 0 Å². The lowest BCUT2D eigenvalue weighted by molar-refractivity contribution is -0.113. The molecule has 0 saturated heterocycles. The van der Waals surface area contributed by atoms with Gasteiger partial charge in [-0.15, -0.1) is 0 Å². The van der Waals surface area contributed by atoms with E-state index in [9.17, 15) is 4.39 Å². The van der Waals surface area contributed by atoms with E-state index in [0.29, 0.717) is 12.6 Å². The average molecular weight is 299 g/mol. The Hall–Kier alpha value is -2.40. The van der Waals surface area contributed by atoms with Crippen LogP contribution >= 0.6 is 0 Å². The van der Waals surface area contributed by atoms with Gasteiger partial charge in [0.1, 0.15) is 18.0 Å². The summed E-state index contributed by atoms with van der Waals surface area (Å²) in [5, 5.41) is 1.46. The highest BCUT2D eigenvalue weighted by Crippen LogP contribution is 2.32. The topological polar surface area (TPSA) is 50.8 Å². The molecular weight excluding hydrogens is 281 g/mol. The van der Waals surface area contributed by atoms with Crippen molar-refractivity contribution < 1.29 is 9.23 Å². The Bertz CT molecular complexity index is 731. The van der Waals surface area contributed by atoms with Crippen LogP contribution in [0.2, 0.25) is 0 Å². The number of halogens is 1. The minimum absolute atomic E-state index is 0.251. The Balaban J connectivity index is 2.01. The van der Waals surface area contributed by atoms with Gasteiger partial charge in [-0.25, -0.2) is 14.4 Å². The van der Waals surface area contributed by atoms with E-state index in [2.05, 4.69) is 4.99 Å². The molecule has 1 unspecified atom stereocenters. The fraction of sp³-hybridized carbons (Fsp3) is 0.235. The molecule has 0 aliphatic carbocycles. The van der Waals surface area contributed by atoms with Gasteiger partial charge in [-0.3, -0.25) is 4.84 Å². The summed E-state index contributed by atoms with van der Waals surface area (Å²) in [5.41, 5.74) is 8.05. The molecule has 0 amide bonds. The van der Waals surface area contributed by atoms with Gasteiger partial charge < -0.3 is 5.73 Å². The molecule has 1 atom stereocenters. The SMILES string of the molecule is CN1OCC(C)(c2cccc(-c3cccc(F)c3)c2)N=C1N. The quantitative estimate of drug-likeness (QED) is 0.927. The maximum absolute atomic E-state index is 13.4. The van der Waals surface area contributed by atoms with E-state index in [-0.39, 0.29) is 5.82 Å². The van der Waals surface area contributed by atoms with E-state index in [0.717, 1.165) is 16.7 Å². The summed E-state index contributed by atoms with van der Waals surface area (Å²) in [5.74, 6) is 0.0870. The normalized spacial score (nSPS) is 21.6. The maximum Gasteiger partial charge on any atom is 0.216 e. The monoisotopic (exact) mass is 299 g/mol. The van der Waals surface area contributed by atoms with Crippen molar-refractivity contribution in [3.8, 4) is 11.1 Å². The molecule has 1 heterocycles.